The number of ketones is 1. The summed E-state index contributed by atoms with van der Waals surface area (Å²) in [5.41, 5.74) is -1.15. The molecule has 1 saturated heterocycles. The maximum absolute atomic E-state index is 13.6. The minimum Gasteiger partial charge on any atom is -0.457 e. The molecule has 1 aliphatic rings. The van der Waals surface area contributed by atoms with E-state index in [0.717, 1.165) is 45.3 Å². The summed E-state index contributed by atoms with van der Waals surface area (Å²) < 4.78 is 37.5. The molecule has 0 radical (unpaired) electrons. The molecule has 1 fully saturated rings. The van der Waals surface area contributed by atoms with E-state index < -0.39 is 47.7 Å². The molecule has 2 aromatic carbocycles. The smallest absolute Gasteiger partial charge is 0.311 e. The Kier molecular flexibility index (Phi) is 10.7. The number of morpholine rings is 1. The molecular formula is C31H36F2N2O6. The van der Waals surface area contributed by atoms with E-state index in [4.69, 9.17) is 9.47 Å². The molecule has 2 aromatic rings. The Balaban J connectivity index is 1.64. The van der Waals surface area contributed by atoms with Gasteiger partial charge in [-0.2, -0.15) is 0 Å². The number of aliphatic hydroxyl groups is 1. The predicted octanol–water partition coefficient (Wildman–Crippen LogP) is 3.19. The van der Waals surface area contributed by atoms with E-state index in [1.54, 1.807) is 32.9 Å². The van der Waals surface area contributed by atoms with Gasteiger partial charge in [0, 0.05) is 36.3 Å². The zero-order chi connectivity index (χ0) is 30.2. The highest BCUT2D eigenvalue weighted by molar-refractivity contribution is 5.99. The van der Waals surface area contributed by atoms with Crippen molar-refractivity contribution in [2.45, 2.75) is 52.3 Å². The van der Waals surface area contributed by atoms with E-state index >= 15 is 0 Å². The van der Waals surface area contributed by atoms with Gasteiger partial charge in [0.2, 0.25) is 0 Å². The molecular weight excluding hydrogens is 534 g/mol. The highest BCUT2D eigenvalue weighted by atomic mass is 19.3. The Labute approximate surface area is 239 Å². The van der Waals surface area contributed by atoms with E-state index in [2.05, 4.69) is 22.1 Å². The molecule has 0 unspecified atom stereocenters. The lowest BCUT2D eigenvalue weighted by Crippen LogP contribution is -2.60. The van der Waals surface area contributed by atoms with E-state index in [1.165, 1.54) is 17.7 Å². The number of benzene rings is 2. The first kappa shape index (κ1) is 31.9. The standard InChI is InChI=1S/C31H36F2N2O6/c1-30(2,3)29(38)41-20-25(36)26(31(4,39)28(32)33)34-27(37)24-13-11-22(12-14-24)6-5-21-7-9-23(10-8-21)19-35-15-17-40-18-16-35/h7-14,26,28,39H,15-20H2,1-4H3,(H,34,37)/t26-,31+/m1/s1. The summed E-state index contributed by atoms with van der Waals surface area (Å²) in [6.07, 6.45) is -3.36. The van der Waals surface area contributed by atoms with Crippen molar-refractivity contribution >= 4 is 17.7 Å². The molecule has 41 heavy (non-hydrogen) atoms. The minimum absolute atomic E-state index is 0.0672. The molecule has 10 heteroatoms. The molecule has 0 aliphatic carbocycles. The van der Waals surface area contributed by atoms with Crippen molar-refractivity contribution < 1.29 is 37.7 Å². The molecule has 2 N–H and O–H groups in total. The summed E-state index contributed by atoms with van der Waals surface area (Å²) in [4.78, 5) is 39.8. The van der Waals surface area contributed by atoms with Crippen molar-refractivity contribution in [2.75, 3.05) is 32.9 Å². The zero-order valence-electron chi connectivity index (χ0n) is 23.7. The Morgan fingerprint density at radius 3 is 2.02 bits per heavy atom. The molecule has 1 heterocycles. The fourth-order valence-corrected chi connectivity index (χ4v) is 3.89. The summed E-state index contributed by atoms with van der Waals surface area (Å²) in [7, 11) is 0. The molecule has 8 nitrogen and oxygen atoms in total. The number of rotatable bonds is 9. The lowest BCUT2D eigenvalue weighted by Gasteiger charge is -2.31. The van der Waals surface area contributed by atoms with Crippen LogP contribution in [-0.4, -0.2) is 78.6 Å². The fourth-order valence-electron chi connectivity index (χ4n) is 3.89. The van der Waals surface area contributed by atoms with Gasteiger partial charge in [0.25, 0.3) is 12.3 Å². The molecule has 0 bridgehead atoms. The van der Waals surface area contributed by atoms with Gasteiger partial charge >= 0.3 is 5.97 Å². The first-order valence-corrected chi connectivity index (χ1v) is 13.3. The number of esters is 1. The molecule has 1 amide bonds. The third-order valence-electron chi connectivity index (χ3n) is 6.54. The van der Waals surface area contributed by atoms with E-state index in [9.17, 15) is 28.3 Å². The molecule has 0 aromatic heterocycles. The SMILES string of the molecule is CC(C)(C)C(=O)OCC(=O)[C@@H](NC(=O)c1ccc(C#Cc2ccc(CN3CCOCC3)cc2)cc1)[C@](C)(O)C(F)F. The number of hydrogen-bond acceptors (Lipinski definition) is 7. The first-order chi connectivity index (χ1) is 19.3. The van der Waals surface area contributed by atoms with Crippen LogP contribution in [0.15, 0.2) is 48.5 Å². The Hall–Kier alpha value is -3.65. The molecule has 2 atom stereocenters. The fraction of sp³-hybridized carbons (Fsp3) is 0.452. The summed E-state index contributed by atoms with van der Waals surface area (Å²) >= 11 is 0. The van der Waals surface area contributed by atoms with Crippen LogP contribution in [0.2, 0.25) is 0 Å². The average Bonchev–Trinajstić information content (AvgIpc) is 2.94. The monoisotopic (exact) mass is 570 g/mol. The third-order valence-corrected chi connectivity index (χ3v) is 6.54. The minimum atomic E-state index is -3.36. The number of nitrogens with one attached hydrogen (secondary N) is 1. The topological polar surface area (TPSA) is 105 Å². The summed E-state index contributed by atoms with van der Waals surface area (Å²) in [5, 5.41) is 12.5. The third kappa shape index (κ3) is 9.18. The molecule has 3 rings (SSSR count). The van der Waals surface area contributed by atoms with Crippen molar-refractivity contribution in [1.82, 2.24) is 10.2 Å². The molecule has 0 saturated carbocycles. The lowest BCUT2D eigenvalue weighted by atomic mass is 9.92. The summed E-state index contributed by atoms with van der Waals surface area (Å²) in [5.74, 6) is 3.42. The van der Waals surface area contributed by atoms with Gasteiger partial charge < -0.3 is 19.9 Å². The predicted molar refractivity (Wildman–Crippen MR) is 148 cm³/mol. The Bertz CT molecular complexity index is 1270. The van der Waals surface area contributed by atoms with Gasteiger partial charge in [0.15, 0.2) is 12.4 Å². The number of hydrogen-bond donors (Lipinski definition) is 2. The van der Waals surface area contributed by atoms with Gasteiger partial charge in [0.1, 0.15) is 11.6 Å². The van der Waals surface area contributed by atoms with Crippen LogP contribution in [0.25, 0.3) is 0 Å². The van der Waals surface area contributed by atoms with Gasteiger partial charge in [-0.05, 0) is 69.7 Å². The van der Waals surface area contributed by atoms with Crippen molar-refractivity contribution in [2.24, 2.45) is 5.41 Å². The van der Waals surface area contributed by atoms with Crippen LogP contribution in [0.3, 0.4) is 0 Å². The van der Waals surface area contributed by atoms with Crippen LogP contribution in [0.4, 0.5) is 8.78 Å². The Morgan fingerprint density at radius 2 is 1.51 bits per heavy atom. The second kappa shape index (κ2) is 13.8. The quantitative estimate of drug-likeness (QED) is 0.353. The van der Waals surface area contributed by atoms with Gasteiger partial charge in [-0.15, -0.1) is 0 Å². The number of nitrogens with zero attached hydrogens (tertiary/aromatic N) is 1. The van der Waals surface area contributed by atoms with Crippen LogP contribution in [0.1, 0.15) is 54.7 Å². The number of Topliss-reactive ketones (excluding diaryl/α,β-unsaturated/α-hetero) is 1. The van der Waals surface area contributed by atoms with Crippen molar-refractivity contribution in [1.29, 1.82) is 0 Å². The highest BCUT2D eigenvalue weighted by Crippen LogP contribution is 2.22. The van der Waals surface area contributed by atoms with Crippen LogP contribution in [-0.2, 0) is 25.6 Å². The average molecular weight is 571 g/mol. The largest absolute Gasteiger partial charge is 0.457 e. The van der Waals surface area contributed by atoms with Crippen LogP contribution < -0.4 is 5.32 Å². The number of halogens is 2. The number of carbonyl (C=O) groups excluding carboxylic acids is 3. The Morgan fingerprint density at radius 1 is 0.976 bits per heavy atom. The van der Waals surface area contributed by atoms with Crippen molar-refractivity contribution in [3.63, 3.8) is 0 Å². The van der Waals surface area contributed by atoms with Crippen LogP contribution in [0.5, 0.6) is 0 Å². The van der Waals surface area contributed by atoms with Gasteiger partial charge in [0.05, 0.1) is 18.6 Å². The number of carbonyl (C=O) groups is 3. The maximum atomic E-state index is 13.6. The normalized spacial score (nSPS) is 16.2. The van der Waals surface area contributed by atoms with Gasteiger partial charge in [-0.25, -0.2) is 8.78 Å². The van der Waals surface area contributed by atoms with Gasteiger partial charge in [-0.3, -0.25) is 19.3 Å². The van der Waals surface area contributed by atoms with E-state index in [0.29, 0.717) is 5.56 Å². The summed E-state index contributed by atoms with van der Waals surface area (Å²) in [6, 6.07) is 12.0. The maximum Gasteiger partial charge on any atom is 0.311 e. The van der Waals surface area contributed by atoms with Crippen molar-refractivity contribution in [3.8, 4) is 11.8 Å². The van der Waals surface area contributed by atoms with E-state index in [1.807, 2.05) is 24.3 Å². The number of ether oxygens (including phenoxy) is 2. The van der Waals surface area contributed by atoms with Crippen molar-refractivity contribution in [3.05, 3.63) is 70.8 Å². The number of alkyl halides is 2. The van der Waals surface area contributed by atoms with Crippen LogP contribution in [0, 0.1) is 17.3 Å². The highest BCUT2D eigenvalue weighted by Gasteiger charge is 2.46. The van der Waals surface area contributed by atoms with Crippen LogP contribution >= 0.6 is 0 Å². The molecule has 0 spiro atoms. The first-order valence-electron chi connectivity index (χ1n) is 13.3. The molecule has 220 valence electrons. The number of amides is 1. The summed E-state index contributed by atoms with van der Waals surface area (Å²) in [6.45, 7) is 8.69. The van der Waals surface area contributed by atoms with Gasteiger partial charge in [-0.1, -0.05) is 24.0 Å². The second-order valence-corrected chi connectivity index (χ2v) is 11.1. The molecule has 1 aliphatic heterocycles. The zero-order valence-corrected chi connectivity index (χ0v) is 23.7. The van der Waals surface area contributed by atoms with E-state index in [-0.39, 0.29) is 5.56 Å². The lowest BCUT2D eigenvalue weighted by molar-refractivity contribution is -0.160. The second-order valence-electron chi connectivity index (χ2n) is 11.1.